The summed E-state index contributed by atoms with van der Waals surface area (Å²) in [7, 11) is 0. The summed E-state index contributed by atoms with van der Waals surface area (Å²) in [5.74, 6) is 3.78. The highest BCUT2D eigenvalue weighted by Gasteiger charge is 2.48. The standard InChI is InChI=1S/C69H86/c1-13-45(7)39-67(40-46(8)14-2)61-25-21-19-23-55(61)57-31-27-51(35-63(57)67)53-29-33-59-60-34-30-54(38-66(60)69(65(59)37-53,43-49(11)17-5)44-50(12)18-6)52-28-32-58-56-24-20-22-26-62(56)68(64(58)36-52,41-47(9)15-3)42-48(10)16-4/h19-38,45-50H,13-18,39-44H2,1-12H3/t45-,46-,47-,48-,49-,50-/m0/s1. The molecule has 0 fully saturated rings. The van der Waals surface area contributed by atoms with Gasteiger partial charge in [0.25, 0.3) is 0 Å². The van der Waals surface area contributed by atoms with Crippen molar-refractivity contribution >= 4 is 0 Å². The molecule has 0 saturated heterocycles. The zero-order valence-electron chi connectivity index (χ0n) is 45.0. The van der Waals surface area contributed by atoms with E-state index in [1.807, 2.05) is 0 Å². The Labute approximate surface area is 420 Å². The van der Waals surface area contributed by atoms with Crippen LogP contribution < -0.4 is 0 Å². The molecule has 0 aromatic heterocycles. The maximum atomic E-state index is 2.68. The van der Waals surface area contributed by atoms with Gasteiger partial charge in [-0.05, 0) is 187 Å². The third kappa shape index (κ3) is 8.50. The second-order valence-electron chi connectivity index (χ2n) is 23.7. The zero-order chi connectivity index (χ0) is 48.8. The molecule has 362 valence electrons. The Bertz CT molecular complexity index is 2560. The maximum Gasteiger partial charge on any atom is 0.0220 e. The maximum absolute atomic E-state index is 2.68. The lowest BCUT2D eigenvalue weighted by molar-refractivity contribution is 0.308. The number of fused-ring (bicyclic) bond motifs is 9. The van der Waals surface area contributed by atoms with Crippen LogP contribution in [-0.2, 0) is 16.2 Å². The molecule has 0 aliphatic heterocycles. The van der Waals surface area contributed by atoms with E-state index in [9.17, 15) is 0 Å². The van der Waals surface area contributed by atoms with Gasteiger partial charge in [0.15, 0.2) is 0 Å². The number of hydrogen-bond acceptors (Lipinski definition) is 0. The molecule has 0 N–H and O–H groups in total. The lowest BCUT2D eigenvalue weighted by atomic mass is 9.65. The smallest absolute Gasteiger partial charge is 0.0220 e. The second kappa shape index (κ2) is 19.8. The van der Waals surface area contributed by atoms with Crippen molar-refractivity contribution in [2.75, 3.05) is 0 Å². The number of rotatable bonds is 20. The molecule has 0 heterocycles. The summed E-state index contributed by atoms with van der Waals surface area (Å²) in [6.07, 6.45) is 14.3. The molecule has 0 spiro atoms. The third-order valence-corrected chi connectivity index (χ3v) is 18.9. The summed E-state index contributed by atoms with van der Waals surface area (Å²) < 4.78 is 0. The van der Waals surface area contributed by atoms with Gasteiger partial charge in [0.1, 0.15) is 0 Å². The largest absolute Gasteiger partial charge is 0.0651 e. The van der Waals surface area contributed by atoms with Crippen LogP contribution in [0.1, 0.15) is 194 Å². The molecule has 3 aliphatic rings. The van der Waals surface area contributed by atoms with E-state index in [1.165, 1.54) is 133 Å². The van der Waals surface area contributed by atoms with E-state index in [0.717, 1.165) is 0 Å². The van der Waals surface area contributed by atoms with E-state index < -0.39 is 0 Å². The molecular formula is C69H86. The first-order chi connectivity index (χ1) is 33.3. The Morgan fingerprint density at radius 3 is 0.696 bits per heavy atom. The fraction of sp³-hybridized carbons (Fsp3) is 0.478. The van der Waals surface area contributed by atoms with E-state index in [4.69, 9.17) is 0 Å². The molecule has 6 aromatic rings. The van der Waals surface area contributed by atoms with Crippen LogP contribution in [0, 0.1) is 35.5 Å². The molecule has 69 heavy (non-hydrogen) atoms. The Balaban J connectivity index is 1.20. The monoisotopic (exact) mass is 915 g/mol. The predicted molar refractivity (Wildman–Crippen MR) is 300 cm³/mol. The lowest BCUT2D eigenvalue weighted by Crippen LogP contribution is -2.30. The zero-order valence-corrected chi connectivity index (χ0v) is 45.0. The Hall–Kier alpha value is -4.68. The van der Waals surface area contributed by atoms with Crippen LogP contribution in [0.5, 0.6) is 0 Å². The molecule has 0 saturated carbocycles. The van der Waals surface area contributed by atoms with Crippen LogP contribution >= 0.6 is 0 Å². The highest BCUT2D eigenvalue weighted by Crippen LogP contribution is 2.60. The molecule has 0 bridgehead atoms. The van der Waals surface area contributed by atoms with Crippen molar-refractivity contribution in [1.29, 1.82) is 0 Å². The van der Waals surface area contributed by atoms with E-state index >= 15 is 0 Å². The average Bonchev–Trinajstić information content (AvgIpc) is 3.90. The molecular weight excluding hydrogens is 829 g/mol. The average molecular weight is 915 g/mol. The van der Waals surface area contributed by atoms with Gasteiger partial charge in [0.05, 0.1) is 0 Å². The van der Waals surface area contributed by atoms with E-state index in [-0.39, 0.29) is 16.2 Å². The lowest BCUT2D eigenvalue weighted by Gasteiger charge is -2.38. The van der Waals surface area contributed by atoms with Crippen LogP contribution in [0.2, 0.25) is 0 Å². The third-order valence-electron chi connectivity index (χ3n) is 18.9. The van der Waals surface area contributed by atoms with Crippen molar-refractivity contribution in [1.82, 2.24) is 0 Å². The minimum atomic E-state index is -0.0742. The SMILES string of the molecule is CC[C@H](C)CC1(C[C@@H](C)CC)c2ccccc2-c2ccc(-c3ccc4c(c3)C(C[C@@H](C)CC)(C[C@@H](C)CC)c3cc(-c5ccc6c(c5)C(C[C@@H](C)CC)(C[C@@H](C)CC)c5ccccc5-6)ccc3-4)cc21. The topological polar surface area (TPSA) is 0 Å². The van der Waals surface area contributed by atoms with Crippen molar-refractivity contribution in [3.63, 3.8) is 0 Å². The van der Waals surface area contributed by atoms with Gasteiger partial charge in [-0.1, -0.05) is 219 Å². The van der Waals surface area contributed by atoms with Crippen LogP contribution in [0.25, 0.3) is 55.6 Å². The van der Waals surface area contributed by atoms with E-state index in [1.54, 1.807) is 33.4 Å². The second-order valence-corrected chi connectivity index (χ2v) is 23.7. The summed E-state index contributed by atoms with van der Waals surface area (Å²) in [6, 6.07) is 49.4. The first-order valence-corrected chi connectivity index (χ1v) is 28.1. The molecule has 6 aromatic carbocycles. The summed E-state index contributed by atoms with van der Waals surface area (Å²) in [5.41, 5.74) is 23.6. The highest BCUT2D eigenvalue weighted by molar-refractivity contribution is 5.89. The van der Waals surface area contributed by atoms with Gasteiger partial charge < -0.3 is 0 Å². The van der Waals surface area contributed by atoms with Crippen LogP contribution in [0.15, 0.2) is 121 Å². The van der Waals surface area contributed by atoms with Crippen molar-refractivity contribution < 1.29 is 0 Å². The van der Waals surface area contributed by atoms with Crippen molar-refractivity contribution in [2.45, 2.75) is 176 Å². The molecule has 3 aliphatic carbocycles. The van der Waals surface area contributed by atoms with Crippen molar-refractivity contribution in [3.8, 4) is 55.6 Å². The van der Waals surface area contributed by atoms with Crippen molar-refractivity contribution in [3.05, 3.63) is 155 Å². The van der Waals surface area contributed by atoms with Crippen LogP contribution in [0.4, 0.5) is 0 Å². The van der Waals surface area contributed by atoms with Gasteiger partial charge in [-0.2, -0.15) is 0 Å². The number of benzene rings is 6. The van der Waals surface area contributed by atoms with E-state index in [2.05, 4.69) is 204 Å². The molecule has 9 rings (SSSR count). The molecule has 0 unspecified atom stereocenters. The van der Waals surface area contributed by atoms with Gasteiger partial charge in [-0.3, -0.25) is 0 Å². The van der Waals surface area contributed by atoms with Gasteiger partial charge >= 0.3 is 0 Å². The van der Waals surface area contributed by atoms with Crippen molar-refractivity contribution in [2.24, 2.45) is 35.5 Å². The summed E-state index contributed by atoms with van der Waals surface area (Å²) in [6.45, 7) is 29.3. The normalized spacial score (nSPS) is 18.0. The molecule has 6 atom stereocenters. The van der Waals surface area contributed by atoms with Crippen LogP contribution in [0.3, 0.4) is 0 Å². The predicted octanol–water partition coefficient (Wildman–Crippen LogP) is 20.4. The highest BCUT2D eigenvalue weighted by atomic mass is 14.5. The number of hydrogen-bond donors (Lipinski definition) is 0. The fourth-order valence-electron chi connectivity index (χ4n) is 14.1. The first-order valence-electron chi connectivity index (χ1n) is 28.1. The minimum Gasteiger partial charge on any atom is -0.0651 e. The summed E-state index contributed by atoms with van der Waals surface area (Å²) >= 11 is 0. The summed E-state index contributed by atoms with van der Waals surface area (Å²) in [5, 5.41) is 0. The first kappa shape index (κ1) is 49.3. The molecule has 0 heteroatoms. The summed E-state index contributed by atoms with van der Waals surface area (Å²) in [4.78, 5) is 0. The Morgan fingerprint density at radius 1 is 0.261 bits per heavy atom. The fourth-order valence-corrected chi connectivity index (χ4v) is 14.1. The van der Waals surface area contributed by atoms with Crippen LogP contribution in [-0.4, -0.2) is 0 Å². The molecule has 0 radical (unpaired) electrons. The van der Waals surface area contributed by atoms with Gasteiger partial charge in [0.2, 0.25) is 0 Å². The molecule has 0 nitrogen and oxygen atoms in total. The molecule has 0 amide bonds. The Morgan fingerprint density at radius 2 is 0.464 bits per heavy atom. The quantitative estimate of drug-likeness (QED) is 0.0716. The van der Waals surface area contributed by atoms with Gasteiger partial charge in [-0.25, -0.2) is 0 Å². The Kier molecular flexibility index (Phi) is 14.2. The van der Waals surface area contributed by atoms with Gasteiger partial charge in [0, 0.05) is 16.2 Å². The van der Waals surface area contributed by atoms with E-state index in [0.29, 0.717) is 35.5 Å². The minimum absolute atomic E-state index is 0.0233. The van der Waals surface area contributed by atoms with Gasteiger partial charge in [-0.15, -0.1) is 0 Å².